The number of nitrogens with zero attached hydrogens (tertiary/aromatic N) is 6. The van der Waals surface area contributed by atoms with Crippen LogP contribution in [-0.2, 0) is 19.1 Å². The van der Waals surface area contributed by atoms with E-state index in [0.717, 1.165) is 0 Å². The Kier molecular flexibility index (Phi) is 14.9. The molecule has 0 saturated heterocycles. The van der Waals surface area contributed by atoms with Gasteiger partial charge in [-0.15, -0.1) is 0 Å². The van der Waals surface area contributed by atoms with E-state index in [-0.39, 0.29) is 60.7 Å². The minimum absolute atomic E-state index is 0.00521. The van der Waals surface area contributed by atoms with Gasteiger partial charge in [0, 0.05) is 50.7 Å². The molecule has 2 aromatic heterocycles. The standard InChI is InChI=1S/C32H46N8O6S2/c1-16(2)30(43)45-12-10-21(18(5)39(8)28(41)23-14-35-19(6)37-26(23)33)22(11-13-46-31(44)17(3)4)25(32(47)48)40(9)29(42)24-15-36-20(7)38-27(24)34/h14-17,32,47-48H,10-13H2,1-9H3,(H2,33,35,37)(H2,34,36,38)/b21-18+,25-22+. The van der Waals surface area contributed by atoms with E-state index in [1.54, 1.807) is 55.5 Å². The van der Waals surface area contributed by atoms with E-state index in [1.807, 2.05) is 0 Å². The normalized spacial score (nSPS) is 12.5. The lowest BCUT2D eigenvalue weighted by atomic mass is 9.95. The first kappa shape index (κ1) is 40.0. The monoisotopic (exact) mass is 702 g/mol. The van der Waals surface area contributed by atoms with Gasteiger partial charge in [-0.3, -0.25) is 19.2 Å². The number of nitrogen functional groups attached to an aromatic ring is 2. The fraction of sp³-hybridized carbons (Fsp3) is 0.500. The number of hydrogen-bond donors (Lipinski definition) is 4. The van der Waals surface area contributed by atoms with Crippen molar-refractivity contribution in [3.63, 3.8) is 0 Å². The van der Waals surface area contributed by atoms with Crippen LogP contribution in [0.3, 0.4) is 0 Å². The molecule has 16 heteroatoms. The van der Waals surface area contributed by atoms with Crippen molar-refractivity contribution in [3.05, 3.63) is 57.7 Å². The fourth-order valence-corrected chi connectivity index (χ4v) is 5.14. The number of esters is 2. The lowest BCUT2D eigenvalue weighted by molar-refractivity contribution is -0.148. The number of hydrogen-bond acceptors (Lipinski definition) is 14. The average molecular weight is 703 g/mol. The molecule has 4 N–H and O–H groups in total. The van der Waals surface area contributed by atoms with Crippen LogP contribution in [0, 0.1) is 25.7 Å². The van der Waals surface area contributed by atoms with Crippen LogP contribution in [0.2, 0.25) is 0 Å². The van der Waals surface area contributed by atoms with Crippen LogP contribution in [0.5, 0.6) is 0 Å². The third-order valence-corrected chi connectivity index (χ3v) is 7.79. The number of aromatic nitrogens is 4. The first-order chi connectivity index (χ1) is 22.4. The molecule has 0 unspecified atom stereocenters. The molecule has 2 rings (SSSR count). The Bertz CT molecular complexity index is 1590. The Balaban J connectivity index is 2.85. The van der Waals surface area contributed by atoms with Crippen LogP contribution in [0.25, 0.3) is 0 Å². The van der Waals surface area contributed by atoms with E-state index in [0.29, 0.717) is 34.2 Å². The topological polar surface area (TPSA) is 197 Å². The van der Waals surface area contributed by atoms with Gasteiger partial charge >= 0.3 is 11.9 Å². The highest BCUT2D eigenvalue weighted by atomic mass is 32.2. The summed E-state index contributed by atoms with van der Waals surface area (Å²) in [5.41, 5.74) is 14.0. The molecule has 0 aliphatic rings. The molecule has 2 aromatic rings. The summed E-state index contributed by atoms with van der Waals surface area (Å²) in [6.45, 7) is 11.7. The van der Waals surface area contributed by atoms with Crippen LogP contribution in [0.15, 0.2) is 34.9 Å². The van der Waals surface area contributed by atoms with Crippen LogP contribution >= 0.6 is 25.3 Å². The predicted octanol–water partition coefficient (Wildman–Crippen LogP) is 3.78. The van der Waals surface area contributed by atoms with Crippen molar-refractivity contribution in [2.24, 2.45) is 11.8 Å². The van der Waals surface area contributed by atoms with Gasteiger partial charge in [0.25, 0.3) is 11.8 Å². The molecule has 0 aromatic carbocycles. The quantitative estimate of drug-likeness (QED) is 0.0964. The zero-order chi connectivity index (χ0) is 36.5. The van der Waals surface area contributed by atoms with E-state index < -0.39 is 28.3 Å². The molecule has 2 heterocycles. The number of thiol groups is 2. The number of amides is 2. The van der Waals surface area contributed by atoms with Gasteiger partial charge in [-0.05, 0) is 31.9 Å². The lowest BCUT2D eigenvalue weighted by Gasteiger charge is -2.30. The zero-order valence-electron chi connectivity index (χ0n) is 28.9. The Labute approximate surface area is 292 Å². The molecule has 0 radical (unpaired) electrons. The smallest absolute Gasteiger partial charge is 0.308 e. The van der Waals surface area contributed by atoms with Crippen LogP contribution in [0.1, 0.15) is 79.8 Å². The van der Waals surface area contributed by atoms with Gasteiger partial charge in [0.2, 0.25) is 0 Å². The number of carbonyl (C=O) groups excluding carboxylic acids is 4. The second kappa shape index (κ2) is 17.8. The summed E-state index contributed by atoms with van der Waals surface area (Å²) in [6.07, 6.45) is 2.86. The van der Waals surface area contributed by atoms with Crippen LogP contribution in [0.4, 0.5) is 11.6 Å². The molecule has 0 saturated carbocycles. The van der Waals surface area contributed by atoms with E-state index in [1.165, 1.54) is 29.2 Å². The molecule has 14 nitrogen and oxygen atoms in total. The Morgan fingerprint density at radius 1 is 0.750 bits per heavy atom. The van der Waals surface area contributed by atoms with E-state index in [9.17, 15) is 19.2 Å². The minimum Gasteiger partial charge on any atom is -0.465 e. The van der Waals surface area contributed by atoms with Crippen molar-refractivity contribution < 1.29 is 28.7 Å². The van der Waals surface area contributed by atoms with Crippen molar-refractivity contribution in [1.29, 1.82) is 0 Å². The molecule has 48 heavy (non-hydrogen) atoms. The Morgan fingerprint density at radius 2 is 1.15 bits per heavy atom. The number of anilines is 2. The summed E-state index contributed by atoms with van der Waals surface area (Å²) in [6, 6.07) is 0. The third kappa shape index (κ3) is 10.4. The SMILES string of the molecule is C/C(=C(CCOC(=O)C(C)C)\C(CCOC(=O)C(C)C)=C(/C(S)S)N(C)C(=O)c1cnc(C)nc1N)N(C)C(=O)c1cnc(C)nc1N. The van der Waals surface area contributed by atoms with Gasteiger partial charge in [0.15, 0.2) is 0 Å². The molecule has 0 atom stereocenters. The largest absolute Gasteiger partial charge is 0.465 e. The maximum absolute atomic E-state index is 13.9. The summed E-state index contributed by atoms with van der Waals surface area (Å²) in [5.74, 6) is -1.87. The number of nitrogens with two attached hydrogens (primary N) is 2. The highest BCUT2D eigenvalue weighted by Crippen LogP contribution is 2.34. The number of allylic oxidation sites excluding steroid dienone is 1. The van der Waals surface area contributed by atoms with Gasteiger partial charge < -0.3 is 30.7 Å². The fourth-order valence-electron chi connectivity index (χ4n) is 4.49. The third-order valence-electron chi connectivity index (χ3n) is 7.30. The average Bonchev–Trinajstić information content (AvgIpc) is 3.00. The molecule has 0 bridgehead atoms. The van der Waals surface area contributed by atoms with Crippen molar-refractivity contribution >= 4 is 60.6 Å². The Hall–Kier alpha value is -4.18. The summed E-state index contributed by atoms with van der Waals surface area (Å²) >= 11 is 9.25. The highest BCUT2D eigenvalue weighted by molar-refractivity contribution is 7.99. The first-order valence-electron chi connectivity index (χ1n) is 15.3. The lowest BCUT2D eigenvalue weighted by Crippen LogP contribution is -2.33. The summed E-state index contributed by atoms with van der Waals surface area (Å²) in [4.78, 5) is 71.6. The van der Waals surface area contributed by atoms with Crippen LogP contribution in [-0.4, -0.2) is 85.4 Å². The second-order valence-electron chi connectivity index (χ2n) is 11.6. The van der Waals surface area contributed by atoms with Crippen molar-refractivity contribution in [3.8, 4) is 0 Å². The molecule has 0 aliphatic carbocycles. The number of carbonyl (C=O) groups is 4. The van der Waals surface area contributed by atoms with Gasteiger partial charge in [0.05, 0.1) is 29.6 Å². The van der Waals surface area contributed by atoms with Gasteiger partial charge in [-0.25, -0.2) is 19.9 Å². The van der Waals surface area contributed by atoms with Gasteiger partial charge in [0.1, 0.15) is 34.4 Å². The van der Waals surface area contributed by atoms with E-state index in [2.05, 4.69) is 45.2 Å². The summed E-state index contributed by atoms with van der Waals surface area (Å²) in [7, 11) is 3.06. The first-order valence-corrected chi connectivity index (χ1v) is 16.3. The molecule has 2 amide bonds. The minimum atomic E-state index is -0.870. The van der Waals surface area contributed by atoms with Gasteiger partial charge in [-0.1, -0.05) is 27.7 Å². The number of rotatable bonds is 14. The molecule has 0 fully saturated rings. The summed E-state index contributed by atoms with van der Waals surface area (Å²) < 4.78 is 10.2. The van der Waals surface area contributed by atoms with E-state index >= 15 is 0 Å². The van der Waals surface area contributed by atoms with E-state index in [4.69, 9.17) is 20.9 Å². The highest BCUT2D eigenvalue weighted by Gasteiger charge is 2.29. The maximum Gasteiger partial charge on any atom is 0.308 e. The predicted molar refractivity (Wildman–Crippen MR) is 189 cm³/mol. The molecule has 0 aliphatic heterocycles. The second-order valence-corrected chi connectivity index (χ2v) is 13.0. The zero-order valence-corrected chi connectivity index (χ0v) is 30.7. The molecular weight excluding hydrogens is 657 g/mol. The maximum atomic E-state index is 13.9. The molecule has 262 valence electrons. The van der Waals surface area contributed by atoms with Crippen molar-refractivity contribution in [2.45, 2.75) is 65.9 Å². The number of aryl methyl sites for hydroxylation is 2. The van der Waals surface area contributed by atoms with Crippen molar-refractivity contribution in [2.75, 3.05) is 38.8 Å². The number of ether oxygens (including phenoxy) is 2. The molecular formula is C32H46N8O6S2. The molecule has 0 spiro atoms. The van der Waals surface area contributed by atoms with Crippen molar-refractivity contribution in [1.82, 2.24) is 29.7 Å². The summed E-state index contributed by atoms with van der Waals surface area (Å²) in [5, 5.41) is 0. The van der Waals surface area contributed by atoms with Gasteiger partial charge in [-0.2, -0.15) is 25.3 Å². The van der Waals surface area contributed by atoms with Crippen LogP contribution < -0.4 is 11.5 Å². The Morgan fingerprint density at radius 3 is 1.52 bits per heavy atom.